The molecule has 0 N–H and O–H groups in total. The number of likely N-dealkylation sites (tertiary alicyclic amines) is 1. The first-order valence-corrected chi connectivity index (χ1v) is 6.88. The van der Waals surface area contributed by atoms with E-state index in [2.05, 4.69) is 34.4 Å². The minimum atomic E-state index is 0.634. The van der Waals surface area contributed by atoms with E-state index in [9.17, 15) is 0 Å². The highest BCUT2D eigenvalue weighted by atomic mass is 32.1. The molecule has 1 aliphatic rings. The van der Waals surface area contributed by atoms with Gasteiger partial charge in [0, 0.05) is 42.3 Å². The molecule has 2 aromatic heterocycles. The summed E-state index contributed by atoms with van der Waals surface area (Å²) in [4.78, 5) is 4.04. The maximum absolute atomic E-state index is 4.31. The molecule has 2 aromatic rings. The Morgan fingerprint density at radius 3 is 2.94 bits per heavy atom. The van der Waals surface area contributed by atoms with E-state index < -0.39 is 0 Å². The second kappa shape index (κ2) is 4.27. The summed E-state index contributed by atoms with van der Waals surface area (Å²) in [6, 6.07) is 5.03. The molecule has 3 rings (SSSR count). The Labute approximate surface area is 106 Å². The lowest BCUT2D eigenvalue weighted by Crippen LogP contribution is -2.39. The van der Waals surface area contributed by atoms with Crippen LogP contribution in [-0.2, 0) is 13.6 Å². The molecule has 1 atom stereocenters. The molecule has 0 aromatic carbocycles. The predicted molar refractivity (Wildman–Crippen MR) is 70.0 cm³/mol. The maximum atomic E-state index is 4.31. The fourth-order valence-corrected chi connectivity index (χ4v) is 3.25. The summed E-state index contributed by atoms with van der Waals surface area (Å²) in [5, 5.41) is 6.48. The van der Waals surface area contributed by atoms with Crippen LogP contribution in [0.4, 0.5) is 0 Å². The molecule has 0 radical (unpaired) electrons. The molecule has 0 spiro atoms. The van der Waals surface area contributed by atoms with Crippen LogP contribution in [0.2, 0.25) is 0 Å². The Hall–Kier alpha value is -1.13. The van der Waals surface area contributed by atoms with Crippen LogP contribution in [0.5, 0.6) is 0 Å². The van der Waals surface area contributed by atoms with Gasteiger partial charge in [-0.25, -0.2) is 0 Å². The van der Waals surface area contributed by atoms with Gasteiger partial charge < -0.3 is 0 Å². The number of thiophene rings is 1. The molecule has 4 heteroatoms. The first kappa shape index (κ1) is 11.0. The van der Waals surface area contributed by atoms with Gasteiger partial charge in [-0.2, -0.15) is 5.10 Å². The lowest BCUT2D eigenvalue weighted by Gasteiger charge is -2.40. The molecule has 17 heavy (non-hydrogen) atoms. The SMILES string of the molecule is Cc1c(CN2CC[C@@H]2c2cccs2)cnn1C. The summed E-state index contributed by atoms with van der Waals surface area (Å²) in [6.07, 6.45) is 3.29. The summed E-state index contributed by atoms with van der Waals surface area (Å²) in [6.45, 7) is 4.38. The van der Waals surface area contributed by atoms with Crippen LogP contribution in [0.25, 0.3) is 0 Å². The Morgan fingerprint density at radius 1 is 1.53 bits per heavy atom. The molecule has 0 amide bonds. The van der Waals surface area contributed by atoms with E-state index in [1.54, 1.807) is 0 Å². The van der Waals surface area contributed by atoms with E-state index >= 15 is 0 Å². The fraction of sp³-hybridized carbons (Fsp3) is 0.462. The highest BCUT2D eigenvalue weighted by molar-refractivity contribution is 7.10. The highest BCUT2D eigenvalue weighted by Crippen LogP contribution is 2.36. The van der Waals surface area contributed by atoms with E-state index in [1.165, 1.54) is 29.1 Å². The third-order valence-electron chi connectivity index (χ3n) is 3.71. The van der Waals surface area contributed by atoms with Crippen LogP contribution in [-0.4, -0.2) is 21.2 Å². The molecule has 90 valence electrons. The molecule has 3 nitrogen and oxygen atoms in total. The van der Waals surface area contributed by atoms with Crippen molar-refractivity contribution >= 4 is 11.3 Å². The zero-order valence-electron chi connectivity index (χ0n) is 10.3. The summed E-state index contributed by atoms with van der Waals surface area (Å²) < 4.78 is 1.95. The standard InChI is InChI=1S/C13H17N3S/c1-10-11(8-14-15(10)2)9-16-6-5-12(16)13-4-3-7-17-13/h3-4,7-8,12H,5-6,9H2,1-2H3/t12-/m1/s1. The minimum absolute atomic E-state index is 0.634. The molecular weight excluding hydrogens is 230 g/mol. The van der Waals surface area contributed by atoms with Crippen LogP contribution in [0.15, 0.2) is 23.7 Å². The number of hydrogen-bond donors (Lipinski definition) is 0. The summed E-state index contributed by atoms with van der Waals surface area (Å²) >= 11 is 1.87. The first-order valence-electron chi connectivity index (χ1n) is 6.00. The predicted octanol–water partition coefficient (Wildman–Crippen LogP) is 2.74. The van der Waals surface area contributed by atoms with E-state index in [0.717, 1.165) is 6.54 Å². The molecule has 0 unspecified atom stereocenters. The molecule has 0 aliphatic carbocycles. The van der Waals surface area contributed by atoms with Gasteiger partial charge in [-0.15, -0.1) is 11.3 Å². The molecule has 0 saturated carbocycles. The maximum Gasteiger partial charge on any atom is 0.0537 e. The van der Waals surface area contributed by atoms with Crippen molar-refractivity contribution in [1.29, 1.82) is 0 Å². The Bertz CT molecular complexity index is 501. The summed E-state index contributed by atoms with van der Waals surface area (Å²) in [7, 11) is 2.01. The van der Waals surface area contributed by atoms with Crippen molar-refractivity contribution in [2.75, 3.05) is 6.54 Å². The first-order chi connectivity index (χ1) is 8.25. The van der Waals surface area contributed by atoms with Gasteiger partial charge in [0.1, 0.15) is 0 Å². The second-order valence-electron chi connectivity index (χ2n) is 4.67. The number of hydrogen-bond acceptors (Lipinski definition) is 3. The van der Waals surface area contributed by atoms with Crippen molar-refractivity contribution in [2.24, 2.45) is 7.05 Å². The van der Waals surface area contributed by atoms with Crippen LogP contribution >= 0.6 is 11.3 Å². The van der Waals surface area contributed by atoms with Gasteiger partial charge in [-0.1, -0.05) is 6.07 Å². The number of aromatic nitrogens is 2. The monoisotopic (exact) mass is 247 g/mol. The third-order valence-corrected chi connectivity index (χ3v) is 4.69. The molecule has 1 fully saturated rings. The number of rotatable bonds is 3. The Kier molecular flexibility index (Phi) is 2.76. The van der Waals surface area contributed by atoms with Gasteiger partial charge >= 0.3 is 0 Å². The zero-order chi connectivity index (χ0) is 11.8. The highest BCUT2D eigenvalue weighted by Gasteiger charge is 2.30. The molecule has 3 heterocycles. The van der Waals surface area contributed by atoms with Crippen molar-refractivity contribution in [1.82, 2.24) is 14.7 Å². The lowest BCUT2D eigenvalue weighted by atomic mass is 10.0. The molecular formula is C13H17N3S. The van der Waals surface area contributed by atoms with E-state index in [-0.39, 0.29) is 0 Å². The second-order valence-corrected chi connectivity index (χ2v) is 5.65. The van der Waals surface area contributed by atoms with Gasteiger partial charge in [0.15, 0.2) is 0 Å². The molecule has 1 aliphatic heterocycles. The molecule has 1 saturated heterocycles. The Morgan fingerprint density at radius 2 is 2.41 bits per heavy atom. The van der Waals surface area contributed by atoms with Crippen LogP contribution < -0.4 is 0 Å². The third kappa shape index (κ3) is 1.91. The van der Waals surface area contributed by atoms with Gasteiger partial charge in [-0.05, 0) is 24.8 Å². The fourth-order valence-electron chi connectivity index (χ4n) is 2.35. The normalized spacial score (nSPS) is 20.5. The molecule has 0 bridgehead atoms. The largest absolute Gasteiger partial charge is 0.291 e. The van der Waals surface area contributed by atoms with E-state index in [0.29, 0.717) is 6.04 Å². The topological polar surface area (TPSA) is 21.1 Å². The van der Waals surface area contributed by atoms with Gasteiger partial charge in [0.2, 0.25) is 0 Å². The number of nitrogens with zero attached hydrogens (tertiary/aromatic N) is 3. The zero-order valence-corrected chi connectivity index (χ0v) is 11.1. The van der Waals surface area contributed by atoms with Crippen LogP contribution in [0.3, 0.4) is 0 Å². The van der Waals surface area contributed by atoms with Crippen molar-refractivity contribution in [3.63, 3.8) is 0 Å². The van der Waals surface area contributed by atoms with Gasteiger partial charge in [0.05, 0.1) is 6.20 Å². The minimum Gasteiger partial charge on any atom is -0.291 e. The lowest BCUT2D eigenvalue weighted by molar-refractivity contribution is 0.0843. The van der Waals surface area contributed by atoms with Crippen molar-refractivity contribution < 1.29 is 0 Å². The van der Waals surface area contributed by atoms with Crippen molar-refractivity contribution in [3.05, 3.63) is 39.8 Å². The average Bonchev–Trinajstić information content (AvgIpc) is 2.88. The summed E-state index contributed by atoms with van der Waals surface area (Å²) in [5.74, 6) is 0. The van der Waals surface area contributed by atoms with Crippen LogP contribution in [0.1, 0.15) is 28.6 Å². The summed E-state index contributed by atoms with van der Waals surface area (Å²) in [5.41, 5.74) is 2.63. The Balaban J connectivity index is 1.72. The quantitative estimate of drug-likeness (QED) is 0.831. The number of aryl methyl sites for hydroxylation is 1. The average molecular weight is 247 g/mol. The van der Waals surface area contributed by atoms with Crippen LogP contribution in [0, 0.1) is 6.92 Å². The van der Waals surface area contributed by atoms with Crippen molar-refractivity contribution in [3.8, 4) is 0 Å². The smallest absolute Gasteiger partial charge is 0.0537 e. The van der Waals surface area contributed by atoms with Gasteiger partial charge in [-0.3, -0.25) is 9.58 Å². The van der Waals surface area contributed by atoms with E-state index in [1.807, 2.05) is 29.3 Å². The van der Waals surface area contributed by atoms with Crippen molar-refractivity contribution in [2.45, 2.75) is 25.9 Å². The van der Waals surface area contributed by atoms with Gasteiger partial charge in [0.25, 0.3) is 0 Å². The van der Waals surface area contributed by atoms with E-state index in [4.69, 9.17) is 0 Å².